The van der Waals surface area contributed by atoms with Crippen LogP contribution in [0.5, 0.6) is 5.75 Å². The Labute approximate surface area is 185 Å². The molecule has 7 nitrogen and oxygen atoms in total. The number of para-hydroxylation sites is 1. The van der Waals surface area contributed by atoms with E-state index in [1.165, 1.54) is 16.2 Å². The maximum atomic E-state index is 13.2. The van der Waals surface area contributed by atoms with Crippen LogP contribution in [-0.4, -0.2) is 63.1 Å². The lowest BCUT2D eigenvalue weighted by Crippen LogP contribution is -3.14. The highest BCUT2D eigenvalue weighted by Gasteiger charge is 2.40. The fraction of sp³-hybridized carbons (Fsp3) is 0.391. The Morgan fingerprint density at radius 3 is 2.74 bits per heavy atom. The van der Waals surface area contributed by atoms with Crippen LogP contribution in [0.2, 0.25) is 0 Å². The van der Waals surface area contributed by atoms with Crippen molar-refractivity contribution in [2.75, 3.05) is 46.5 Å². The predicted octanol–water partition coefficient (Wildman–Crippen LogP) is 0.443. The summed E-state index contributed by atoms with van der Waals surface area (Å²) in [6.45, 7) is 4.66. The van der Waals surface area contributed by atoms with E-state index in [0.717, 1.165) is 39.3 Å². The van der Waals surface area contributed by atoms with Crippen LogP contribution in [0.15, 0.2) is 53.1 Å². The number of hydrogen-bond acceptors (Lipinski definition) is 6. The standard InChI is InChI=1S/C23H26N2O5S/c1-29-17-7-3-2-6-16(17)20-19(21(26)18-8-4-15-31-18)22(27)23(28)25(20)10-5-9-24-11-13-30-14-12-24/h2-4,6-8,15,20,27H,5,9-14H2,1H3. The Balaban J connectivity index is 1.63. The number of thiophene rings is 1. The first-order chi connectivity index (χ1) is 15.1. The molecule has 2 aliphatic rings. The summed E-state index contributed by atoms with van der Waals surface area (Å²) in [6.07, 6.45) is 0.737. The molecule has 1 saturated heterocycles. The minimum absolute atomic E-state index is 0.00988. The highest BCUT2D eigenvalue weighted by atomic mass is 32.1. The van der Waals surface area contributed by atoms with Gasteiger partial charge in [-0.1, -0.05) is 24.3 Å². The number of quaternary nitrogens is 1. The number of nitrogens with one attached hydrogen (secondary N) is 1. The molecular weight excluding hydrogens is 416 g/mol. The molecule has 1 fully saturated rings. The van der Waals surface area contributed by atoms with Crippen LogP contribution in [0.4, 0.5) is 0 Å². The molecule has 0 radical (unpaired) electrons. The number of ketones is 1. The van der Waals surface area contributed by atoms with Crippen LogP contribution in [0, 0.1) is 0 Å². The lowest BCUT2D eigenvalue weighted by atomic mass is 9.94. The monoisotopic (exact) mass is 442 g/mol. The molecule has 0 aliphatic carbocycles. The number of carbonyl (C=O) groups excluding carboxylic acids is 2. The number of Topliss-reactive ketones (excluding diaryl/α,β-unsaturated/α-hetero) is 1. The number of rotatable bonds is 8. The summed E-state index contributed by atoms with van der Waals surface area (Å²) in [5.74, 6) is -1.17. The van der Waals surface area contributed by atoms with Gasteiger partial charge in [-0.25, -0.2) is 0 Å². The van der Waals surface area contributed by atoms with Crippen molar-refractivity contribution in [3.05, 3.63) is 63.6 Å². The van der Waals surface area contributed by atoms with Gasteiger partial charge in [0.15, 0.2) is 0 Å². The second-order valence-corrected chi connectivity index (χ2v) is 8.61. The van der Waals surface area contributed by atoms with Gasteiger partial charge in [0.25, 0.3) is 0 Å². The molecule has 164 valence electrons. The highest BCUT2D eigenvalue weighted by molar-refractivity contribution is 7.12. The van der Waals surface area contributed by atoms with Crippen molar-refractivity contribution in [3.63, 3.8) is 0 Å². The second kappa shape index (κ2) is 9.64. The normalized spacial score (nSPS) is 19.8. The van der Waals surface area contributed by atoms with E-state index in [2.05, 4.69) is 0 Å². The third-order valence-electron chi connectivity index (χ3n) is 5.84. The van der Waals surface area contributed by atoms with Crippen molar-refractivity contribution in [2.45, 2.75) is 12.5 Å². The van der Waals surface area contributed by atoms with Gasteiger partial charge in [-0.3, -0.25) is 9.59 Å². The summed E-state index contributed by atoms with van der Waals surface area (Å²) in [4.78, 5) is 29.6. The molecule has 4 rings (SSSR count). The molecule has 1 aromatic carbocycles. The molecule has 1 aromatic heterocycles. The maximum absolute atomic E-state index is 13.2. The number of ether oxygens (including phenoxy) is 2. The van der Waals surface area contributed by atoms with Gasteiger partial charge in [0.2, 0.25) is 11.7 Å². The topological polar surface area (TPSA) is 83.3 Å². The SMILES string of the molecule is COc1ccccc1C1C(C(=O)c2cccs2)=C([O-])C(=O)N1CCC[NH+]1CCOCC1. The molecule has 0 bridgehead atoms. The summed E-state index contributed by atoms with van der Waals surface area (Å²) < 4.78 is 10.9. The Morgan fingerprint density at radius 1 is 1.26 bits per heavy atom. The molecular formula is C23H26N2O5S. The summed E-state index contributed by atoms with van der Waals surface area (Å²) in [7, 11) is 1.55. The van der Waals surface area contributed by atoms with Gasteiger partial charge in [0.05, 0.1) is 37.8 Å². The van der Waals surface area contributed by atoms with E-state index in [4.69, 9.17) is 9.47 Å². The highest BCUT2D eigenvalue weighted by Crippen LogP contribution is 2.41. The Bertz CT molecular complexity index is 966. The zero-order chi connectivity index (χ0) is 21.8. The van der Waals surface area contributed by atoms with Crippen LogP contribution in [-0.2, 0) is 9.53 Å². The van der Waals surface area contributed by atoms with Gasteiger partial charge in [-0.15, -0.1) is 11.3 Å². The smallest absolute Gasteiger partial charge is 0.239 e. The van der Waals surface area contributed by atoms with Crippen molar-refractivity contribution in [1.82, 2.24) is 4.90 Å². The largest absolute Gasteiger partial charge is 0.868 e. The van der Waals surface area contributed by atoms with Gasteiger partial charge in [-0.2, -0.15) is 0 Å². The molecule has 1 N–H and O–H groups in total. The number of methoxy groups -OCH3 is 1. The molecule has 31 heavy (non-hydrogen) atoms. The minimum Gasteiger partial charge on any atom is -0.868 e. The molecule has 8 heteroatoms. The van der Waals surface area contributed by atoms with E-state index >= 15 is 0 Å². The molecule has 1 amide bonds. The number of morpholine rings is 1. The Morgan fingerprint density at radius 2 is 2.03 bits per heavy atom. The predicted molar refractivity (Wildman–Crippen MR) is 114 cm³/mol. The zero-order valence-electron chi connectivity index (χ0n) is 17.5. The van der Waals surface area contributed by atoms with Crippen LogP contribution in [0.3, 0.4) is 0 Å². The van der Waals surface area contributed by atoms with Crippen molar-refractivity contribution >= 4 is 23.0 Å². The Kier molecular flexibility index (Phi) is 6.70. The third-order valence-corrected chi connectivity index (χ3v) is 6.71. The van der Waals surface area contributed by atoms with E-state index in [0.29, 0.717) is 22.7 Å². The van der Waals surface area contributed by atoms with Gasteiger partial charge >= 0.3 is 0 Å². The van der Waals surface area contributed by atoms with Gasteiger partial charge < -0.3 is 24.4 Å². The lowest BCUT2D eigenvalue weighted by molar-refractivity contribution is -0.908. The lowest BCUT2D eigenvalue weighted by Gasteiger charge is -2.30. The zero-order valence-corrected chi connectivity index (χ0v) is 18.3. The fourth-order valence-electron chi connectivity index (χ4n) is 4.27. The number of carbonyl (C=O) groups is 2. The average molecular weight is 443 g/mol. The molecule has 2 aliphatic heterocycles. The molecule has 0 spiro atoms. The molecule has 0 saturated carbocycles. The minimum atomic E-state index is -0.745. The van der Waals surface area contributed by atoms with Crippen molar-refractivity contribution < 1.29 is 29.1 Å². The Hall–Kier alpha value is -2.68. The van der Waals surface area contributed by atoms with Crippen LogP contribution < -0.4 is 14.7 Å². The number of benzene rings is 1. The van der Waals surface area contributed by atoms with Crippen molar-refractivity contribution in [1.29, 1.82) is 0 Å². The molecule has 1 atom stereocenters. The van der Waals surface area contributed by atoms with Crippen LogP contribution >= 0.6 is 11.3 Å². The summed E-state index contributed by atoms with van der Waals surface area (Å²) in [5, 5.41) is 14.8. The first kappa shape index (κ1) is 21.5. The summed E-state index contributed by atoms with van der Waals surface area (Å²) >= 11 is 1.27. The number of hydrogen-bond donors (Lipinski definition) is 1. The van der Waals surface area contributed by atoms with Crippen molar-refractivity contribution in [2.24, 2.45) is 0 Å². The summed E-state index contributed by atoms with van der Waals surface area (Å²) in [5.41, 5.74) is 0.665. The average Bonchev–Trinajstić information content (AvgIpc) is 3.42. The van der Waals surface area contributed by atoms with Crippen molar-refractivity contribution in [3.8, 4) is 5.75 Å². The quantitative estimate of drug-likeness (QED) is 0.600. The van der Waals surface area contributed by atoms with Crippen LogP contribution in [0.25, 0.3) is 0 Å². The maximum Gasteiger partial charge on any atom is 0.239 e. The van der Waals surface area contributed by atoms with Gasteiger partial charge in [0.1, 0.15) is 18.8 Å². The molecule has 2 aromatic rings. The number of amides is 1. The van der Waals surface area contributed by atoms with E-state index in [-0.39, 0.29) is 11.4 Å². The third kappa shape index (κ3) is 4.37. The van der Waals surface area contributed by atoms with E-state index in [9.17, 15) is 14.7 Å². The summed E-state index contributed by atoms with van der Waals surface area (Å²) in [6, 6.07) is 9.96. The number of nitrogens with zero attached hydrogens (tertiary/aromatic N) is 1. The first-order valence-corrected chi connectivity index (χ1v) is 11.3. The van der Waals surface area contributed by atoms with Gasteiger partial charge in [0, 0.05) is 24.1 Å². The van der Waals surface area contributed by atoms with E-state index in [1.54, 1.807) is 35.6 Å². The van der Waals surface area contributed by atoms with E-state index < -0.39 is 17.7 Å². The second-order valence-electron chi connectivity index (χ2n) is 7.66. The molecule has 3 heterocycles. The fourth-order valence-corrected chi connectivity index (χ4v) is 4.94. The molecule has 1 unspecified atom stereocenters. The van der Waals surface area contributed by atoms with Crippen LogP contribution in [0.1, 0.15) is 27.7 Å². The van der Waals surface area contributed by atoms with E-state index in [1.807, 2.05) is 18.2 Å². The first-order valence-electron chi connectivity index (χ1n) is 10.5. The van der Waals surface area contributed by atoms with Gasteiger partial charge in [-0.05, 0) is 23.3 Å².